The van der Waals surface area contributed by atoms with Gasteiger partial charge in [0.05, 0.1) is 0 Å². The minimum atomic E-state index is 1.24. The second-order valence-corrected chi connectivity index (χ2v) is 2.99. The molecule has 1 aromatic carbocycles. The van der Waals surface area contributed by atoms with E-state index in [1.54, 1.807) is 0 Å². The summed E-state index contributed by atoms with van der Waals surface area (Å²) in [5.41, 5.74) is 2.49. The van der Waals surface area contributed by atoms with E-state index in [0.29, 0.717) is 0 Å². The van der Waals surface area contributed by atoms with E-state index in [9.17, 15) is 0 Å². The molecule has 0 aliphatic carbocycles. The van der Waals surface area contributed by atoms with Crippen molar-refractivity contribution < 1.29 is 0 Å². The first-order valence-electron chi connectivity index (χ1n) is 4.14. The molecule has 1 heteroatoms. The highest BCUT2D eigenvalue weighted by Gasteiger charge is 1.92. The first-order chi connectivity index (χ1) is 5.74. The Morgan fingerprint density at radius 1 is 1.08 bits per heavy atom. The standard InChI is InChI=1S/C11H15N/c1-4-5-10-6-8-11(9-7-10)12(2)3/h4-9H,1-3H3. The SMILES string of the molecule is CC=Cc1ccc(N(C)C)cc1. The Bertz CT molecular complexity index is 257. The molecule has 0 fully saturated rings. The third kappa shape index (κ3) is 2.12. The highest BCUT2D eigenvalue weighted by molar-refractivity contribution is 5.55. The average molecular weight is 161 g/mol. The van der Waals surface area contributed by atoms with Gasteiger partial charge in [-0.25, -0.2) is 0 Å². The van der Waals surface area contributed by atoms with E-state index in [4.69, 9.17) is 0 Å². The smallest absolute Gasteiger partial charge is 0.0361 e. The van der Waals surface area contributed by atoms with Crippen LogP contribution >= 0.6 is 0 Å². The molecule has 1 aromatic rings. The Labute approximate surface area is 74.3 Å². The van der Waals surface area contributed by atoms with Gasteiger partial charge in [0, 0.05) is 19.8 Å². The van der Waals surface area contributed by atoms with Crippen molar-refractivity contribution in [1.82, 2.24) is 0 Å². The quantitative estimate of drug-likeness (QED) is 0.644. The molecule has 0 spiro atoms. The van der Waals surface area contributed by atoms with Gasteiger partial charge in [0.25, 0.3) is 0 Å². The number of rotatable bonds is 2. The molecule has 0 aliphatic heterocycles. The molecule has 1 nitrogen and oxygen atoms in total. The van der Waals surface area contributed by atoms with Crippen LogP contribution in [-0.4, -0.2) is 14.1 Å². The van der Waals surface area contributed by atoms with Crippen molar-refractivity contribution in [2.24, 2.45) is 0 Å². The maximum absolute atomic E-state index is 2.12. The van der Waals surface area contributed by atoms with Crippen molar-refractivity contribution in [2.75, 3.05) is 19.0 Å². The second kappa shape index (κ2) is 3.96. The summed E-state index contributed by atoms with van der Waals surface area (Å²) in [4.78, 5) is 2.10. The fourth-order valence-corrected chi connectivity index (χ4v) is 1.08. The molecule has 12 heavy (non-hydrogen) atoms. The molecule has 0 heterocycles. The highest BCUT2D eigenvalue weighted by Crippen LogP contribution is 2.12. The van der Waals surface area contributed by atoms with Crippen molar-refractivity contribution in [2.45, 2.75) is 6.92 Å². The van der Waals surface area contributed by atoms with E-state index < -0.39 is 0 Å². The molecule has 0 bridgehead atoms. The Balaban J connectivity index is 2.85. The molecule has 0 atom stereocenters. The van der Waals surface area contributed by atoms with E-state index >= 15 is 0 Å². The van der Waals surface area contributed by atoms with Crippen molar-refractivity contribution in [1.29, 1.82) is 0 Å². The van der Waals surface area contributed by atoms with Crippen LogP contribution in [-0.2, 0) is 0 Å². The Morgan fingerprint density at radius 3 is 2.08 bits per heavy atom. The predicted molar refractivity (Wildman–Crippen MR) is 55.5 cm³/mol. The number of hydrogen-bond acceptors (Lipinski definition) is 1. The number of benzene rings is 1. The molecule has 0 aliphatic rings. The zero-order chi connectivity index (χ0) is 8.97. The molecule has 0 amide bonds. The van der Waals surface area contributed by atoms with Crippen LogP contribution < -0.4 is 4.90 Å². The molecule has 0 saturated heterocycles. The van der Waals surface area contributed by atoms with Crippen LogP contribution in [0.5, 0.6) is 0 Å². The number of hydrogen-bond donors (Lipinski definition) is 0. The van der Waals surface area contributed by atoms with Gasteiger partial charge < -0.3 is 4.90 Å². The zero-order valence-corrected chi connectivity index (χ0v) is 7.91. The van der Waals surface area contributed by atoms with E-state index in [0.717, 1.165) is 0 Å². The lowest BCUT2D eigenvalue weighted by atomic mass is 10.2. The number of anilines is 1. The lowest BCUT2D eigenvalue weighted by Crippen LogP contribution is -2.07. The van der Waals surface area contributed by atoms with Gasteiger partial charge in [-0.2, -0.15) is 0 Å². The first kappa shape index (κ1) is 8.85. The van der Waals surface area contributed by atoms with Crippen LogP contribution in [0.2, 0.25) is 0 Å². The summed E-state index contributed by atoms with van der Waals surface area (Å²) < 4.78 is 0. The topological polar surface area (TPSA) is 3.24 Å². The van der Waals surface area contributed by atoms with E-state index in [2.05, 4.69) is 35.2 Å². The van der Waals surface area contributed by atoms with Gasteiger partial charge in [-0.15, -0.1) is 0 Å². The van der Waals surface area contributed by atoms with Crippen LogP contribution in [0.25, 0.3) is 6.08 Å². The van der Waals surface area contributed by atoms with Crippen LogP contribution in [0.15, 0.2) is 30.3 Å². The van der Waals surface area contributed by atoms with Crippen molar-refractivity contribution in [3.63, 3.8) is 0 Å². The molecular weight excluding hydrogens is 146 g/mol. The number of nitrogens with zero attached hydrogens (tertiary/aromatic N) is 1. The summed E-state index contributed by atoms with van der Waals surface area (Å²) in [7, 11) is 4.09. The molecule has 64 valence electrons. The van der Waals surface area contributed by atoms with Gasteiger partial charge in [-0.05, 0) is 24.6 Å². The molecule has 1 rings (SSSR count). The molecule has 0 radical (unpaired) electrons. The summed E-state index contributed by atoms with van der Waals surface area (Å²) >= 11 is 0. The molecule has 0 N–H and O–H groups in total. The van der Waals surface area contributed by atoms with Crippen LogP contribution in [0.4, 0.5) is 5.69 Å². The summed E-state index contributed by atoms with van der Waals surface area (Å²) in [5, 5.41) is 0. The third-order valence-corrected chi connectivity index (χ3v) is 1.77. The molecule has 0 unspecified atom stereocenters. The van der Waals surface area contributed by atoms with E-state index in [-0.39, 0.29) is 0 Å². The summed E-state index contributed by atoms with van der Waals surface area (Å²) in [6.07, 6.45) is 4.14. The van der Waals surface area contributed by atoms with Crippen LogP contribution in [0.1, 0.15) is 12.5 Å². The lowest BCUT2D eigenvalue weighted by Gasteiger charge is -2.11. The Kier molecular flexibility index (Phi) is 2.92. The first-order valence-corrected chi connectivity index (χ1v) is 4.14. The normalized spacial score (nSPS) is 10.6. The lowest BCUT2D eigenvalue weighted by molar-refractivity contribution is 1.13. The van der Waals surface area contributed by atoms with Crippen molar-refractivity contribution in [3.05, 3.63) is 35.9 Å². The third-order valence-electron chi connectivity index (χ3n) is 1.77. The summed E-state index contributed by atoms with van der Waals surface area (Å²) in [6.45, 7) is 2.03. The second-order valence-electron chi connectivity index (χ2n) is 2.99. The predicted octanol–water partition coefficient (Wildman–Crippen LogP) is 2.79. The number of allylic oxidation sites excluding steroid dienone is 1. The maximum Gasteiger partial charge on any atom is 0.0361 e. The maximum atomic E-state index is 2.12. The monoisotopic (exact) mass is 161 g/mol. The summed E-state index contributed by atoms with van der Waals surface area (Å²) in [5.74, 6) is 0. The summed E-state index contributed by atoms with van der Waals surface area (Å²) in [6, 6.07) is 8.48. The fourth-order valence-electron chi connectivity index (χ4n) is 1.08. The van der Waals surface area contributed by atoms with Crippen LogP contribution in [0.3, 0.4) is 0 Å². The average Bonchev–Trinajstić information content (AvgIpc) is 2.06. The highest BCUT2D eigenvalue weighted by atomic mass is 15.1. The van der Waals surface area contributed by atoms with Gasteiger partial charge in [0.2, 0.25) is 0 Å². The Hall–Kier alpha value is -1.24. The zero-order valence-electron chi connectivity index (χ0n) is 7.91. The minimum absolute atomic E-state index is 1.24. The van der Waals surface area contributed by atoms with Crippen LogP contribution in [0, 0.1) is 0 Å². The molecular formula is C11H15N. The van der Waals surface area contributed by atoms with Crippen molar-refractivity contribution >= 4 is 11.8 Å². The Morgan fingerprint density at radius 2 is 1.67 bits per heavy atom. The fraction of sp³-hybridized carbons (Fsp3) is 0.273. The minimum Gasteiger partial charge on any atom is -0.378 e. The van der Waals surface area contributed by atoms with Gasteiger partial charge >= 0.3 is 0 Å². The van der Waals surface area contributed by atoms with Crippen molar-refractivity contribution in [3.8, 4) is 0 Å². The van der Waals surface area contributed by atoms with Gasteiger partial charge in [0.1, 0.15) is 0 Å². The molecule has 0 aromatic heterocycles. The largest absolute Gasteiger partial charge is 0.378 e. The molecule has 0 saturated carbocycles. The van der Waals surface area contributed by atoms with Gasteiger partial charge in [0.15, 0.2) is 0 Å². The van der Waals surface area contributed by atoms with E-state index in [1.807, 2.05) is 27.1 Å². The van der Waals surface area contributed by atoms with Gasteiger partial charge in [-0.1, -0.05) is 24.3 Å². The van der Waals surface area contributed by atoms with E-state index in [1.165, 1.54) is 11.3 Å². The van der Waals surface area contributed by atoms with Gasteiger partial charge in [-0.3, -0.25) is 0 Å².